The van der Waals surface area contributed by atoms with E-state index in [0.29, 0.717) is 0 Å². The third kappa shape index (κ3) is 2.57. The molecule has 0 amide bonds. The molecule has 1 aromatic carbocycles. The molecule has 1 nitrogen and oxygen atoms in total. The van der Waals surface area contributed by atoms with Gasteiger partial charge in [0.15, 0.2) is 0 Å². The molecule has 3 rings (SSSR count). The second kappa shape index (κ2) is 5.63. The molecule has 2 heteroatoms. The molecular weight excluding hydrogens is 242 g/mol. The minimum atomic E-state index is 0.751. The molecule has 0 aromatic heterocycles. The molecule has 1 aromatic rings. The van der Waals surface area contributed by atoms with Crippen LogP contribution in [0.25, 0.3) is 0 Å². The molecule has 0 aliphatic heterocycles. The first-order valence-electron chi connectivity index (χ1n) is 7.27. The van der Waals surface area contributed by atoms with Crippen LogP contribution in [0.1, 0.15) is 42.4 Å². The molecule has 98 valence electrons. The van der Waals surface area contributed by atoms with Crippen LogP contribution < -0.4 is 0 Å². The Morgan fingerprint density at radius 1 is 1.11 bits per heavy atom. The molecule has 0 radical (unpaired) electrons. The smallest absolute Gasteiger partial charge is 0.0351 e. The Morgan fingerprint density at radius 3 is 2.67 bits per heavy atom. The Bertz CT molecular complexity index is 412. The predicted octanol–water partition coefficient (Wildman–Crippen LogP) is 3.77. The van der Waals surface area contributed by atoms with Crippen molar-refractivity contribution in [2.75, 3.05) is 12.4 Å². The van der Waals surface area contributed by atoms with Crippen LogP contribution in [0.2, 0.25) is 0 Å². The van der Waals surface area contributed by atoms with Crippen LogP contribution in [0.5, 0.6) is 0 Å². The van der Waals surface area contributed by atoms with Crippen molar-refractivity contribution in [3.05, 3.63) is 34.9 Å². The van der Waals surface area contributed by atoms with Gasteiger partial charge in [-0.1, -0.05) is 24.6 Å². The molecule has 2 aliphatic rings. The van der Waals surface area contributed by atoms with E-state index in [0.717, 1.165) is 25.0 Å². The fourth-order valence-electron chi connectivity index (χ4n) is 3.21. The molecule has 0 saturated heterocycles. The van der Waals surface area contributed by atoms with Crippen molar-refractivity contribution < 1.29 is 0 Å². The summed E-state index contributed by atoms with van der Waals surface area (Å²) in [6.45, 7) is 2.12. The highest BCUT2D eigenvalue weighted by Crippen LogP contribution is 2.28. The predicted molar refractivity (Wildman–Crippen MR) is 77.2 cm³/mol. The number of fused-ring (bicyclic) bond motifs is 1. The van der Waals surface area contributed by atoms with Crippen molar-refractivity contribution >= 4 is 11.6 Å². The lowest BCUT2D eigenvalue weighted by atomic mass is 9.91. The zero-order valence-corrected chi connectivity index (χ0v) is 11.8. The lowest BCUT2D eigenvalue weighted by molar-refractivity contribution is 0.127. The van der Waals surface area contributed by atoms with Gasteiger partial charge in [0, 0.05) is 25.0 Å². The highest BCUT2D eigenvalue weighted by molar-refractivity contribution is 6.18. The number of hydrogen-bond acceptors (Lipinski definition) is 1. The molecule has 0 N–H and O–H groups in total. The summed E-state index contributed by atoms with van der Waals surface area (Å²) < 4.78 is 0. The minimum absolute atomic E-state index is 0.751. The normalized spacial score (nSPS) is 19.0. The van der Waals surface area contributed by atoms with E-state index in [4.69, 9.17) is 11.6 Å². The zero-order valence-electron chi connectivity index (χ0n) is 11.0. The number of aryl methyl sites for hydroxylation is 2. The summed E-state index contributed by atoms with van der Waals surface area (Å²) in [4.78, 5) is 2.58. The van der Waals surface area contributed by atoms with Gasteiger partial charge in [-0.15, -0.1) is 11.6 Å². The Kier molecular flexibility index (Phi) is 3.91. The van der Waals surface area contributed by atoms with Gasteiger partial charge in [0.05, 0.1) is 0 Å². The van der Waals surface area contributed by atoms with Crippen molar-refractivity contribution in [1.82, 2.24) is 4.90 Å². The van der Waals surface area contributed by atoms with E-state index in [-0.39, 0.29) is 0 Å². The molecule has 2 aliphatic carbocycles. The SMILES string of the molecule is ClCCN(Cc1ccc2c(c1)CCC2)C1CCC1. The molecular formula is C16H22ClN. The third-order valence-corrected chi connectivity index (χ3v) is 4.68. The van der Waals surface area contributed by atoms with Gasteiger partial charge in [-0.2, -0.15) is 0 Å². The lowest BCUT2D eigenvalue weighted by Crippen LogP contribution is -2.40. The van der Waals surface area contributed by atoms with Crippen molar-refractivity contribution in [2.24, 2.45) is 0 Å². The van der Waals surface area contributed by atoms with Crippen LogP contribution >= 0.6 is 11.6 Å². The first-order valence-corrected chi connectivity index (χ1v) is 7.81. The fourth-order valence-corrected chi connectivity index (χ4v) is 3.43. The van der Waals surface area contributed by atoms with Gasteiger partial charge < -0.3 is 0 Å². The molecule has 0 heterocycles. The van der Waals surface area contributed by atoms with Crippen molar-refractivity contribution in [1.29, 1.82) is 0 Å². The number of halogens is 1. The first kappa shape index (κ1) is 12.5. The number of rotatable bonds is 5. The van der Waals surface area contributed by atoms with E-state index in [1.807, 2.05) is 0 Å². The maximum atomic E-state index is 5.94. The van der Waals surface area contributed by atoms with E-state index in [1.54, 1.807) is 11.1 Å². The summed E-state index contributed by atoms with van der Waals surface area (Å²) in [6, 6.07) is 7.89. The standard InChI is InChI=1S/C16H22ClN/c17-9-10-18(16-5-2-6-16)12-13-7-8-14-3-1-4-15(14)11-13/h7-8,11,16H,1-6,9-10,12H2. The average molecular weight is 264 g/mol. The first-order chi connectivity index (χ1) is 8.86. The summed E-state index contributed by atoms with van der Waals surface area (Å²) in [5, 5.41) is 0. The summed E-state index contributed by atoms with van der Waals surface area (Å²) in [5.41, 5.74) is 4.64. The number of nitrogens with zero attached hydrogens (tertiary/aromatic N) is 1. The van der Waals surface area contributed by atoms with E-state index in [2.05, 4.69) is 23.1 Å². The molecule has 1 fully saturated rings. The molecule has 0 spiro atoms. The molecule has 0 unspecified atom stereocenters. The minimum Gasteiger partial charge on any atom is -0.295 e. The zero-order chi connectivity index (χ0) is 12.4. The fraction of sp³-hybridized carbons (Fsp3) is 0.625. The van der Waals surface area contributed by atoms with Gasteiger partial charge in [-0.05, 0) is 48.8 Å². The Labute approximate surface area is 115 Å². The van der Waals surface area contributed by atoms with Crippen LogP contribution in [0, 0.1) is 0 Å². The summed E-state index contributed by atoms with van der Waals surface area (Å²) >= 11 is 5.94. The molecule has 18 heavy (non-hydrogen) atoms. The Hall–Kier alpha value is -0.530. The van der Waals surface area contributed by atoms with Crippen LogP contribution in [-0.4, -0.2) is 23.4 Å². The van der Waals surface area contributed by atoms with Crippen molar-refractivity contribution in [3.8, 4) is 0 Å². The second-order valence-electron chi connectivity index (χ2n) is 5.70. The van der Waals surface area contributed by atoms with Gasteiger partial charge in [-0.25, -0.2) is 0 Å². The monoisotopic (exact) mass is 263 g/mol. The van der Waals surface area contributed by atoms with Crippen LogP contribution in [-0.2, 0) is 19.4 Å². The Balaban J connectivity index is 1.69. The second-order valence-corrected chi connectivity index (χ2v) is 6.08. The summed E-state index contributed by atoms with van der Waals surface area (Å²) in [5.74, 6) is 0.751. The molecule has 0 bridgehead atoms. The van der Waals surface area contributed by atoms with Crippen molar-refractivity contribution in [3.63, 3.8) is 0 Å². The number of alkyl halides is 1. The molecule has 1 saturated carbocycles. The maximum Gasteiger partial charge on any atom is 0.0351 e. The Morgan fingerprint density at radius 2 is 1.94 bits per heavy atom. The summed E-state index contributed by atoms with van der Waals surface area (Å²) in [6.07, 6.45) is 8.02. The average Bonchev–Trinajstić information content (AvgIpc) is 2.74. The van der Waals surface area contributed by atoms with E-state index in [1.165, 1.54) is 44.1 Å². The molecule has 0 atom stereocenters. The van der Waals surface area contributed by atoms with Crippen molar-refractivity contribution in [2.45, 2.75) is 51.1 Å². The summed E-state index contributed by atoms with van der Waals surface area (Å²) in [7, 11) is 0. The quantitative estimate of drug-likeness (QED) is 0.731. The largest absolute Gasteiger partial charge is 0.295 e. The maximum absolute atomic E-state index is 5.94. The van der Waals surface area contributed by atoms with E-state index < -0.39 is 0 Å². The highest BCUT2D eigenvalue weighted by Gasteiger charge is 2.24. The lowest BCUT2D eigenvalue weighted by Gasteiger charge is -2.37. The van der Waals surface area contributed by atoms with E-state index in [9.17, 15) is 0 Å². The van der Waals surface area contributed by atoms with Crippen LogP contribution in [0.3, 0.4) is 0 Å². The van der Waals surface area contributed by atoms with Crippen LogP contribution in [0.4, 0.5) is 0 Å². The van der Waals surface area contributed by atoms with Gasteiger partial charge in [0.2, 0.25) is 0 Å². The van der Waals surface area contributed by atoms with Gasteiger partial charge in [0.1, 0.15) is 0 Å². The van der Waals surface area contributed by atoms with Gasteiger partial charge >= 0.3 is 0 Å². The van der Waals surface area contributed by atoms with Gasteiger partial charge in [0.25, 0.3) is 0 Å². The number of benzene rings is 1. The van der Waals surface area contributed by atoms with Gasteiger partial charge in [-0.3, -0.25) is 4.90 Å². The third-order valence-electron chi connectivity index (χ3n) is 4.51. The number of hydrogen-bond donors (Lipinski definition) is 0. The highest BCUT2D eigenvalue weighted by atomic mass is 35.5. The topological polar surface area (TPSA) is 3.24 Å². The van der Waals surface area contributed by atoms with E-state index >= 15 is 0 Å². The van der Waals surface area contributed by atoms with Crippen LogP contribution in [0.15, 0.2) is 18.2 Å².